The minimum atomic E-state index is -2.40. The van der Waals surface area contributed by atoms with Crippen LogP contribution in [0.5, 0.6) is 0 Å². The van der Waals surface area contributed by atoms with Gasteiger partial charge in [0.25, 0.3) is 0 Å². The summed E-state index contributed by atoms with van der Waals surface area (Å²) in [4.78, 5) is 0. The molecule has 0 bridgehead atoms. The first-order chi connectivity index (χ1) is 11.3. The standard InChI is InChI=1S/C21H23.2ClH.Zr/c1-13(2)19-7-6-17-9-16(5)12-20(17)21(19)18-10-14(3)8-15(4)11-18;;;/h6-13H,1-5H3;2*1H;/q;;;+2/p-2. The van der Waals surface area contributed by atoms with Crippen LogP contribution in [0, 0.1) is 13.8 Å². The molecule has 0 saturated heterocycles. The quantitative estimate of drug-likeness (QED) is 0.467. The van der Waals surface area contributed by atoms with Crippen molar-refractivity contribution in [1.29, 1.82) is 0 Å². The van der Waals surface area contributed by atoms with Gasteiger partial charge in [0, 0.05) is 0 Å². The number of fused-ring (bicyclic) bond motifs is 1. The predicted molar refractivity (Wildman–Crippen MR) is 104 cm³/mol. The van der Waals surface area contributed by atoms with Crippen LogP contribution in [-0.4, -0.2) is 0 Å². The maximum absolute atomic E-state index is 6.48. The van der Waals surface area contributed by atoms with Crippen LogP contribution < -0.4 is 0 Å². The number of halogens is 2. The molecule has 1 atom stereocenters. The third kappa shape index (κ3) is 3.33. The molecular weight excluding hydrogens is 414 g/mol. The average Bonchev–Trinajstić information content (AvgIpc) is 2.80. The summed E-state index contributed by atoms with van der Waals surface area (Å²) in [7, 11) is 13.0. The fourth-order valence-corrected chi connectivity index (χ4v) is 9.50. The van der Waals surface area contributed by atoms with E-state index in [1.165, 1.54) is 44.5 Å². The molecule has 2 aromatic carbocycles. The van der Waals surface area contributed by atoms with E-state index in [0.29, 0.717) is 5.92 Å². The summed E-state index contributed by atoms with van der Waals surface area (Å²) in [6.07, 6.45) is 2.32. The zero-order valence-corrected chi connectivity index (χ0v) is 18.8. The number of rotatable bonds is 3. The molecule has 0 radical (unpaired) electrons. The van der Waals surface area contributed by atoms with Gasteiger partial charge in [-0.2, -0.15) is 0 Å². The number of hydrogen-bond acceptors (Lipinski definition) is 0. The van der Waals surface area contributed by atoms with E-state index in [1.54, 1.807) is 0 Å². The van der Waals surface area contributed by atoms with Crippen molar-refractivity contribution in [2.75, 3.05) is 0 Å². The van der Waals surface area contributed by atoms with Gasteiger partial charge in [-0.3, -0.25) is 0 Å². The molecule has 24 heavy (non-hydrogen) atoms. The van der Waals surface area contributed by atoms with Crippen molar-refractivity contribution < 1.29 is 19.4 Å². The molecule has 1 unspecified atom stereocenters. The van der Waals surface area contributed by atoms with Gasteiger partial charge in [0.2, 0.25) is 0 Å². The Kier molecular flexibility index (Phi) is 5.46. The summed E-state index contributed by atoms with van der Waals surface area (Å²) in [5.74, 6) is 0.476. The molecule has 0 spiro atoms. The van der Waals surface area contributed by atoms with E-state index in [4.69, 9.17) is 17.0 Å². The zero-order valence-electron chi connectivity index (χ0n) is 14.9. The molecule has 2 aromatic rings. The van der Waals surface area contributed by atoms with Crippen molar-refractivity contribution in [3.05, 3.63) is 63.7 Å². The van der Waals surface area contributed by atoms with Gasteiger partial charge in [-0.15, -0.1) is 0 Å². The number of hydrogen-bond donors (Lipinski definition) is 0. The molecule has 0 aromatic heterocycles. The molecule has 0 N–H and O–H groups in total. The summed E-state index contributed by atoms with van der Waals surface area (Å²) in [6, 6.07) is 11.4. The van der Waals surface area contributed by atoms with E-state index in [-0.39, 0.29) is 3.63 Å². The van der Waals surface area contributed by atoms with Gasteiger partial charge in [0.05, 0.1) is 0 Å². The van der Waals surface area contributed by atoms with Crippen LogP contribution in [0.4, 0.5) is 0 Å². The molecular formula is C21H23Cl2Zr. The molecule has 0 heterocycles. The Morgan fingerprint density at radius 1 is 0.958 bits per heavy atom. The van der Waals surface area contributed by atoms with E-state index in [0.717, 1.165) is 0 Å². The number of allylic oxidation sites excluding steroid dienone is 1. The van der Waals surface area contributed by atoms with Crippen LogP contribution in [0.15, 0.2) is 35.9 Å². The minimum absolute atomic E-state index is 0.289. The van der Waals surface area contributed by atoms with Crippen molar-refractivity contribution in [3.63, 3.8) is 0 Å². The van der Waals surface area contributed by atoms with E-state index in [9.17, 15) is 0 Å². The molecule has 1 aliphatic carbocycles. The maximum atomic E-state index is 6.48. The second-order valence-corrected chi connectivity index (χ2v) is 16.0. The van der Waals surface area contributed by atoms with Gasteiger partial charge in [-0.25, -0.2) is 0 Å². The van der Waals surface area contributed by atoms with Gasteiger partial charge in [0.1, 0.15) is 0 Å². The van der Waals surface area contributed by atoms with E-state index in [2.05, 4.69) is 71.0 Å². The topological polar surface area (TPSA) is 0 Å². The third-order valence-electron chi connectivity index (χ3n) is 4.80. The first-order valence-corrected chi connectivity index (χ1v) is 16.2. The van der Waals surface area contributed by atoms with Crippen LogP contribution in [0.2, 0.25) is 0 Å². The van der Waals surface area contributed by atoms with E-state index < -0.39 is 19.4 Å². The van der Waals surface area contributed by atoms with Crippen molar-refractivity contribution in [1.82, 2.24) is 0 Å². The van der Waals surface area contributed by atoms with E-state index >= 15 is 0 Å². The van der Waals surface area contributed by atoms with Gasteiger partial charge in [-0.1, -0.05) is 0 Å². The molecule has 1 aliphatic rings. The molecule has 0 nitrogen and oxygen atoms in total. The number of benzene rings is 2. The van der Waals surface area contributed by atoms with Crippen LogP contribution in [-0.2, 0) is 19.4 Å². The Bertz CT molecular complexity index is 799. The second-order valence-electron chi connectivity index (χ2n) is 7.17. The summed E-state index contributed by atoms with van der Waals surface area (Å²) in [5, 5.41) is 0. The predicted octanol–water partition coefficient (Wildman–Crippen LogP) is 7.48. The van der Waals surface area contributed by atoms with Crippen molar-refractivity contribution in [2.45, 2.75) is 44.2 Å². The monoisotopic (exact) mass is 435 g/mol. The molecule has 125 valence electrons. The van der Waals surface area contributed by atoms with Gasteiger partial charge in [-0.05, 0) is 0 Å². The molecule has 0 amide bonds. The van der Waals surface area contributed by atoms with Crippen molar-refractivity contribution in [3.8, 4) is 11.1 Å². The van der Waals surface area contributed by atoms with Gasteiger partial charge < -0.3 is 0 Å². The van der Waals surface area contributed by atoms with Crippen LogP contribution >= 0.6 is 17.0 Å². The number of aryl methyl sites for hydroxylation is 2. The van der Waals surface area contributed by atoms with Crippen molar-refractivity contribution in [2.24, 2.45) is 0 Å². The van der Waals surface area contributed by atoms with Crippen LogP contribution in [0.1, 0.15) is 58.1 Å². The molecule has 3 heteroatoms. The first-order valence-electron chi connectivity index (χ1n) is 8.41. The average molecular weight is 438 g/mol. The summed E-state index contributed by atoms with van der Waals surface area (Å²) in [6.45, 7) is 11.0. The van der Waals surface area contributed by atoms with Crippen molar-refractivity contribution >= 4 is 23.1 Å². The Balaban J connectivity index is 2.32. The van der Waals surface area contributed by atoms with Crippen LogP contribution in [0.3, 0.4) is 0 Å². The second kappa shape index (κ2) is 7.10. The fraction of sp³-hybridized carbons (Fsp3) is 0.333. The SMILES string of the molecule is CC1=Cc2c(ccc(C(C)C)c2-c2cc(C)cc(C)c2)[CH]1[Zr]([Cl])[Cl]. The molecule has 0 saturated carbocycles. The summed E-state index contributed by atoms with van der Waals surface area (Å²) in [5.41, 5.74) is 10.7. The normalized spacial score (nSPS) is 16.3. The zero-order chi connectivity index (χ0) is 17.6. The van der Waals surface area contributed by atoms with Gasteiger partial charge in [0.15, 0.2) is 0 Å². The fourth-order valence-electron chi connectivity index (χ4n) is 3.83. The molecule has 0 fully saturated rings. The summed E-state index contributed by atoms with van der Waals surface area (Å²) < 4.78 is 0.289. The first kappa shape index (κ1) is 18.4. The third-order valence-corrected chi connectivity index (χ3v) is 10.3. The Labute approximate surface area is 160 Å². The Morgan fingerprint density at radius 2 is 1.58 bits per heavy atom. The van der Waals surface area contributed by atoms with Gasteiger partial charge >= 0.3 is 161 Å². The van der Waals surface area contributed by atoms with Crippen LogP contribution in [0.25, 0.3) is 17.2 Å². The van der Waals surface area contributed by atoms with E-state index in [1.807, 2.05) is 0 Å². The molecule has 0 aliphatic heterocycles. The molecule has 3 rings (SSSR count). The summed E-state index contributed by atoms with van der Waals surface area (Å²) >= 11 is -2.40. The Hall–Kier alpha value is -0.357. The Morgan fingerprint density at radius 3 is 2.12 bits per heavy atom.